The summed E-state index contributed by atoms with van der Waals surface area (Å²) < 4.78 is 5.45. The molecule has 0 heterocycles. The minimum atomic E-state index is 0.604. The van der Waals surface area contributed by atoms with Crippen LogP contribution in [0.1, 0.15) is 36.0 Å². The molecule has 0 aliphatic heterocycles. The van der Waals surface area contributed by atoms with E-state index in [0.29, 0.717) is 6.54 Å². The molecule has 1 aliphatic carbocycles. The number of aryl methyl sites for hydroxylation is 1. The van der Waals surface area contributed by atoms with Crippen molar-refractivity contribution >= 4 is 11.6 Å². The summed E-state index contributed by atoms with van der Waals surface area (Å²) in [5.41, 5.74) is 6.55. The minimum Gasteiger partial charge on any atom is -0.495 e. The Bertz CT molecular complexity index is 421. The van der Waals surface area contributed by atoms with Crippen molar-refractivity contribution in [2.75, 3.05) is 14.2 Å². The topological polar surface area (TPSA) is 30.5 Å². The smallest absolute Gasteiger partial charge is 0.142 e. The first kappa shape index (κ1) is 13.7. The maximum atomic E-state index is 6.49. The molecule has 0 unspecified atom stereocenters. The van der Waals surface area contributed by atoms with Gasteiger partial charge in [0.1, 0.15) is 5.75 Å². The quantitative estimate of drug-likeness (QED) is 0.672. The molecule has 0 atom stereocenters. The summed E-state index contributed by atoms with van der Waals surface area (Å²) in [7, 11) is 3.28. The number of fused-ring (bicyclic) bond motifs is 1. The average Bonchev–Trinajstić information content (AvgIpc) is 2.62. The first-order chi connectivity index (χ1) is 8.77. The largest absolute Gasteiger partial charge is 0.495 e. The molecule has 4 heteroatoms. The number of ether oxygens (including phenoxy) is 1. The van der Waals surface area contributed by atoms with Gasteiger partial charge in [0, 0.05) is 12.1 Å². The molecular weight excluding hydrogens is 250 g/mol. The lowest BCUT2D eigenvalue weighted by molar-refractivity contribution is 0.0861. The fourth-order valence-electron chi connectivity index (χ4n) is 2.57. The van der Waals surface area contributed by atoms with Gasteiger partial charge in [0.2, 0.25) is 0 Å². The Kier molecular flexibility index (Phi) is 4.87. The van der Waals surface area contributed by atoms with Crippen LogP contribution >= 0.6 is 11.6 Å². The summed E-state index contributed by atoms with van der Waals surface area (Å²) in [6, 6.07) is 2.21. The second-order valence-electron chi connectivity index (χ2n) is 4.61. The number of methoxy groups -OCH3 is 1. The van der Waals surface area contributed by atoms with Crippen molar-refractivity contribution in [3.05, 3.63) is 27.8 Å². The van der Waals surface area contributed by atoms with Crippen LogP contribution in [0.5, 0.6) is 5.75 Å². The number of nitrogens with one attached hydrogen (secondary N) is 1. The molecule has 0 spiro atoms. The van der Waals surface area contributed by atoms with Gasteiger partial charge in [0.15, 0.2) is 0 Å². The van der Waals surface area contributed by atoms with Gasteiger partial charge in [-0.1, -0.05) is 24.1 Å². The zero-order valence-electron chi connectivity index (χ0n) is 11.0. The lowest BCUT2D eigenvalue weighted by Crippen LogP contribution is -2.13. The van der Waals surface area contributed by atoms with E-state index in [4.69, 9.17) is 21.2 Å². The van der Waals surface area contributed by atoms with E-state index in [1.54, 1.807) is 14.2 Å². The molecule has 0 saturated carbocycles. The molecule has 2 rings (SSSR count). The van der Waals surface area contributed by atoms with Gasteiger partial charge in [-0.2, -0.15) is 5.48 Å². The van der Waals surface area contributed by atoms with Crippen LogP contribution in [0.25, 0.3) is 0 Å². The normalized spacial score (nSPS) is 15.1. The molecule has 1 N–H and O–H groups in total. The van der Waals surface area contributed by atoms with Crippen molar-refractivity contribution in [3.63, 3.8) is 0 Å². The third kappa shape index (κ3) is 2.79. The number of rotatable bonds is 4. The maximum Gasteiger partial charge on any atom is 0.142 e. The van der Waals surface area contributed by atoms with E-state index in [-0.39, 0.29) is 0 Å². The summed E-state index contributed by atoms with van der Waals surface area (Å²) >= 11 is 6.49. The Balaban J connectivity index is 2.41. The molecular formula is C14H20ClNO2. The number of hydroxylamine groups is 1. The van der Waals surface area contributed by atoms with E-state index >= 15 is 0 Å². The Morgan fingerprint density at radius 2 is 2.00 bits per heavy atom. The molecule has 0 fully saturated rings. The van der Waals surface area contributed by atoms with Crippen molar-refractivity contribution in [2.45, 2.75) is 38.6 Å². The maximum absolute atomic E-state index is 6.49. The van der Waals surface area contributed by atoms with Crippen LogP contribution in [-0.4, -0.2) is 14.2 Å². The second kappa shape index (κ2) is 6.41. The van der Waals surface area contributed by atoms with Crippen molar-refractivity contribution < 1.29 is 9.57 Å². The van der Waals surface area contributed by atoms with Crippen LogP contribution in [0.4, 0.5) is 0 Å². The second-order valence-corrected chi connectivity index (χ2v) is 4.98. The molecule has 0 radical (unpaired) electrons. The highest BCUT2D eigenvalue weighted by Gasteiger charge is 2.18. The van der Waals surface area contributed by atoms with Gasteiger partial charge in [-0.25, -0.2) is 0 Å². The number of halogens is 1. The molecule has 18 heavy (non-hydrogen) atoms. The van der Waals surface area contributed by atoms with E-state index in [1.165, 1.54) is 30.4 Å². The van der Waals surface area contributed by atoms with Gasteiger partial charge in [0.25, 0.3) is 0 Å². The Morgan fingerprint density at radius 1 is 1.22 bits per heavy atom. The molecule has 100 valence electrons. The molecule has 0 saturated heterocycles. The third-order valence-corrected chi connectivity index (χ3v) is 3.88. The summed E-state index contributed by atoms with van der Waals surface area (Å²) in [6.07, 6.45) is 5.90. The highest BCUT2D eigenvalue weighted by molar-refractivity contribution is 6.33. The fraction of sp³-hybridized carbons (Fsp3) is 0.571. The average molecular weight is 270 g/mol. The Hall–Kier alpha value is -0.770. The van der Waals surface area contributed by atoms with Gasteiger partial charge >= 0.3 is 0 Å². The van der Waals surface area contributed by atoms with Crippen LogP contribution in [0, 0.1) is 0 Å². The first-order valence-electron chi connectivity index (χ1n) is 6.41. The van der Waals surface area contributed by atoms with E-state index in [1.807, 2.05) is 0 Å². The van der Waals surface area contributed by atoms with Crippen LogP contribution in [0.15, 0.2) is 6.07 Å². The predicted octanol–water partition coefficient (Wildman–Crippen LogP) is 3.27. The lowest BCUT2D eigenvalue weighted by Gasteiger charge is -2.17. The third-order valence-electron chi connectivity index (χ3n) is 3.48. The van der Waals surface area contributed by atoms with E-state index in [2.05, 4.69) is 11.5 Å². The summed E-state index contributed by atoms with van der Waals surface area (Å²) in [6.45, 7) is 0.604. The van der Waals surface area contributed by atoms with E-state index in [0.717, 1.165) is 29.2 Å². The molecule has 1 aromatic rings. The van der Waals surface area contributed by atoms with Crippen LogP contribution in [-0.2, 0) is 24.2 Å². The van der Waals surface area contributed by atoms with Crippen molar-refractivity contribution in [1.82, 2.24) is 5.48 Å². The highest BCUT2D eigenvalue weighted by atomic mass is 35.5. The zero-order valence-corrected chi connectivity index (χ0v) is 11.8. The SMILES string of the molecule is CONCc1cc2c(c(Cl)c1OC)CCCCC2. The number of hydrogen-bond acceptors (Lipinski definition) is 3. The Labute approximate surface area is 113 Å². The zero-order chi connectivity index (χ0) is 13.0. The van der Waals surface area contributed by atoms with Crippen LogP contribution in [0.2, 0.25) is 5.02 Å². The van der Waals surface area contributed by atoms with E-state index in [9.17, 15) is 0 Å². The van der Waals surface area contributed by atoms with Crippen LogP contribution < -0.4 is 10.2 Å². The van der Waals surface area contributed by atoms with Crippen molar-refractivity contribution in [1.29, 1.82) is 0 Å². The standard InChI is InChI=1S/C14H20ClNO2/c1-17-14-11(9-16-18-2)8-10-6-4-3-5-7-12(10)13(14)15/h8,16H,3-7,9H2,1-2H3. The lowest BCUT2D eigenvalue weighted by atomic mass is 9.99. The van der Waals surface area contributed by atoms with Gasteiger partial charge < -0.3 is 9.57 Å². The number of hydrogen-bond donors (Lipinski definition) is 1. The fourth-order valence-corrected chi connectivity index (χ4v) is 2.99. The van der Waals surface area contributed by atoms with Gasteiger partial charge in [-0.3, -0.25) is 0 Å². The molecule has 0 aromatic heterocycles. The minimum absolute atomic E-state index is 0.604. The van der Waals surface area contributed by atoms with E-state index < -0.39 is 0 Å². The van der Waals surface area contributed by atoms with Crippen molar-refractivity contribution in [3.8, 4) is 5.75 Å². The molecule has 1 aromatic carbocycles. The summed E-state index contributed by atoms with van der Waals surface area (Å²) in [4.78, 5) is 4.91. The molecule has 0 amide bonds. The molecule has 0 bridgehead atoms. The Morgan fingerprint density at radius 3 is 2.72 bits per heavy atom. The highest BCUT2D eigenvalue weighted by Crippen LogP contribution is 2.37. The van der Waals surface area contributed by atoms with Crippen molar-refractivity contribution in [2.24, 2.45) is 0 Å². The van der Waals surface area contributed by atoms with Crippen LogP contribution in [0.3, 0.4) is 0 Å². The molecule has 1 aliphatic rings. The van der Waals surface area contributed by atoms with Gasteiger partial charge in [-0.15, -0.1) is 0 Å². The summed E-state index contributed by atoms with van der Waals surface area (Å²) in [5, 5.41) is 0.782. The number of benzene rings is 1. The summed E-state index contributed by atoms with van der Waals surface area (Å²) in [5.74, 6) is 0.780. The predicted molar refractivity (Wildman–Crippen MR) is 73.1 cm³/mol. The monoisotopic (exact) mass is 269 g/mol. The van der Waals surface area contributed by atoms with Gasteiger partial charge in [-0.05, 0) is 36.8 Å². The first-order valence-corrected chi connectivity index (χ1v) is 6.78. The van der Waals surface area contributed by atoms with Gasteiger partial charge in [0.05, 0.1) is 19.2 Å². The molecule has 3 nitrogen and oxygen atoms in total.